The first-order valence-corrected chi connectivity index (χ1v) is 6.59. The van der Waals surface area contributed by atoms with Gasteiger partial charge in [-0.2, -0.15) is 0 Å². The molecule has 3 unspecified atom stereocenters. The highest BCUT2D eigenvalue weighted by atomic mass is 16.5. The largest absolute Gasteiger partial charge is 0.497 e. The highest BCUT2D eigenvalue weighted by Gasteiger charge is 2.25. The third-order valence-corrected chi connectivity index (χ3v) is 3.73. The molecular weight excluding hydrogens is 224 g/mol. The molecule has 0 saturated carbocycles. The summed E-state index contributed by atoms with van der Waals surface area (Å²) < 4.78 is 5.14. The van der Waals surface area contributed by atoms with Crippen molar-refractivity contribution in [3.8, 4) is 5.75 Å². The minimum absolute atomic E-state index is 0.332. The van der Waals surface area contributed by atoms with Crippen molar-refractivity contribution in [2.75, 3.05) is 7.11 Å². The van der Waals surface area contributed by atoms with Crippen LogP contribution < -0.4 is 4.74 Å². The quantitative estimate of drug-likeness (QED) is 0.824. The van der Waals surface area contributed by atoms with Crippen molar-refractivity contribution in [1.29, 1.82) is 0 Å². The molecule has 0 amide bonds. The first kappa shape index (κ1) is 13.2. The normalized spacial score (nSPS) is 25.4. The van der Waals surface area contributed by atoms with Crippen LogP contribution in [0.5, 0.6) is 5.75 Å². The van der Waals surface area contributed by atoms with E-state index >= 15 is 0 Å². The number of hydrogen-bond acceptors (Lipinski definition) is 2. The Hall–Kier alpha value is -1.28. The molecule has 1 aliphatic carbocycles. The van der Waals surface area contributed by atoms with E-state index in [2.05, 4.69) is 19.9 Å². The predicted molar refractivity (Wildman–Crippen MR) is 73.6 cm³/mol. The predicted octanol–water partition coefficient (Wildman–Crippen LogP) is 3.72. The maximum absolute atomic E-state index is 10.5. The molecule has 0 radical (unpaired) electrons. The zero-order chi connectivity index (χ0) is 13.1. The van der Waals surface area contributed by atoms with Gasteiger partial charge < -0.3 is 9.84 Å². The van der Waals surface area contributed by atoms with Gasteiger partial charge >= 0.3 is 0 Å². The summed E-state index contributed by atoms with van der Waals surface area (Å²) in [6.07, 6.45) is 4.00. The smallest absolute Gasteiger partial charge is 0.118 e. The molecule has 2 nitrogen and oxygen atoms in total. The zero-order valence-corrected chi connectivity index (χ0v) is 11.4. The van der Waals surface area contributed by atoms with Crippen molar-refractivity contribution in [2.45, 2.75) is 32.8 Å². The molecule has 0 fully saturated rings. The Morgan fingerprint density at radius 3 is 2.50 bits per heavy atom. The minimum atomic E-state index is -0.373. The number of benzene rings is 1. The fourth-order valence-electron chi connectivity index (χ4n) is 2.91. The van der Waals surface area contributed by atoms with Gasteiger partial charge in [0.05, 0.1) is 13.2 Å². The number of aliphatic hydroxyl groups excluding tert-OH is 1. The van der Waals surface area contributed by atoms with Crippen LogP contribution >= 0.6 is 0 Å². The zero-order valence-electron chi connectivity index (χ0n) is 11.4. The van der Waals surface area contributed by atoms with Crippen LogP contribution in [0.4, 0.5) is 0 Å². The lowest BCUT2D eigenvalue weighted by Gasteiger charge is -2.29. The molecule has 2 heteroatoms. The van der Waals surface area contributed by atoms with E-state index in [0.29, 0.717) is 11.8 Å². The fourth-order valence-corrected chi connectivity index (χ4v) is 2.91. The Kier molecular flexibility index (Phi) is 4.07. The van der Waals surface area contributed by atoms with Gasteiger partial charge in [-0.25, -0.2) is 0 Å². The Balaban J connectivity index is 2.10. The summed E-state index contributed by atoms with van der Waals surface area (Å²) in [5.74, 6) is 1.73. The number of aliphatic hydroxyl groups is 1. The Labute approximate surface area is 109 Å². The van der Waals surface area contributed by atoms with E-state index < -0.39 is 0 Å². The molecule has 1 aromatic rings. The van der Waals surface area contributed by atoms with Gasteiger partial charge in [-0.3, -0.25) is 0 Å². The maximum atomic E-state index is 10.5. The van der Waals surface area contributed by atoms with Gasteiger partial charge in [0.1, 0.15) is 5.75 Å². The highest BCUT2D eigenvalue weighted by Crippen LogP contribution is 2.36. The molecule has 0 saturated heterocycles. The van der Waals surface area contributed by atoms with Crippen molar-refractivity contribution in [3.05, 3.63) is 41.5 Å². The van der Waals surface area contributed by atoms with E-state index in [-0.39, 0.29) is 6.10 Å². The first-order chi connectivity index (χ1) is 8.60. The molecule has 0 bridgehead atoms. The lowest BCUT2D eigenvalue weighted by atomic mass is 9.79. The van der Waals surface area contributed by atoms with Crippen LogP contribution in [0, 0.1) is 11.8 Å². The van der Waals surface area contributed by atoms with E-state index in [1.807, 2.05) is 24.3 Å². The van der Waals surface area contributed by atoms with Crippen LogP contribution in [0.2, 0.25) is 0 Å². The second-order valence-corrected chi connectivity index (χ2v) is 5.41. The molecule has 3 atom stereocenters. The number of hydrogen-bond donors (Lipinski definition) is 1. The van der Waals surface area contributed by atoms with Gasteiger partial charge in [-0.05, 0) is 49.3 Å². The summed E-state index contributed by atoms with van der Waals surface area (Å²) in [7, 11) is 1.66. The van der Waals surface area contributed by atoms with Gasteiger partial charge in [0.2, 0.25) is 0 Å². The summed E-state index contributed by atoms with van der Waals surface area (Å²) in [6, 6.07) is 7.74. The topological polar surface area (TPSA) is 29.5 Å². The second kappa shape index (κ2) is 5.57. The Bertz CT molecular complexity index is 419. The average molecular weight is 246 g/mol. The van der Waals surface area contributed by atoms with Crippen LogP contribution in [-0.4, -0.2) is 12.2 Å². The number of rotatable bonds is 3. The molecular formula is C16H22O2. The summed E-state index contributed by atoms with van der Waals surface area (Å²) in [5.41, 5.74) is 2.38. The summed E-state index contributed by atoms with van der Waals surface area (Å²) in [6.45, 7) is 4.37. The monoisotopic (exact) mass is 246 g/mol. The number of allylic oxidation sites excluding steroid dienone is 2. The average Bonchev–Trinajstić information content (AvgIpc) is 2.37. The Morgan fingerprint density at radius 1 is 1.28 bits per heavy atom. The van der Waals surface area contributed by atoms with Crippen molar-refractivity contribution in [1.82, 2.24) is 0 Å². The molecule has 2 rings (SSSR count). The number of ether oxygens (including phenoxy) is 1. The maximum Gasteiger partial charge on any atom is 0.118 e. The van der Waals surface area contributed by atoms with Crippen molar-refractivity contribution < 1.29 is 9.84 Å². The molecule has 0 spiro atoms. The molecule has 0 aromatic heterocycles. The summed E-state index contributed by atoms with van der Waals surface area (Å²) in [4.78, 5) is 0. The lowest BCUT2D eigenvalue weighted by molar-refractivity contribution is 0.0932. The van der Waals surface area contributed by atoms with Crippen LogP contribution in [-0.2, 0) is 0 Å². The third-order valence-electron chi connectivity index (χ3n) is 3.73. The molecule has 18 heavy (non-hydrogen) atoms. The molecule has 0 heterocycles. The molecule has 98 valence electrons. The van der Waals surface area contributed by atoms with Crippen LogP contribution in [0.15, 0.2) is 35.9 Å². The molecule has 0 aliphatic heterocycles. The van der Waals surface area contributed by atoms with Crippen molar-refractivity contribution in [3.63, 3.8) is 0 Å². The van der Waals surface area contributed by atoms with Crippen LogP contribution in [0.25, 0.3) is 0 Å². The van der Waals surface area contributed by atoms with E-state index in [0.717, 1.165) is 24.2 Å². The first-order valence-electron chi connectivity index (χ1n) is 6.59. The molecule has 1 aliphatic rings. The standard InChI is InChI=1S/C16H22O2/c1-11-8-12(2)10-14(9-11)16(17)13-4-6-15(18-3)7-5-13/h4-8,11,14,16-17H,9-10H2,1-3H3. The van der Waals surface area contributed by atoms with Gasteiger partial charge in [-0.1, -0.05) is 30.7 Å². The molecule has 1 N–H and O–H groups in total. The second-order valence-electron chi connectivity index (χ2n) is 5.41. The fraction of sp³-hybridized carbons (Fsp3) is 0.500. The van der Waals surface area contributed by atoms with Gasteiger partial charge in [-0.15, -0.1) is 0 Å². The van der Waals surface area contributed by atoms with E-state index in [9.17, 15) is 5.11 Å². The van der Waals surface area contributed by atoms with Crippen LogP contribution in [0.1, 0.15) is 38.4 Å². The third kappa shape index (κ3) is 2.94. The number of methoxy groups -OCH3 is 1. The van der Waals surface area contributed by atoms with E-state index in [1.165, 1.54) is 5.57 Å². The van der Waals surface area contributed by atoms with Crippen molar-refractivity contribution >= 4 is 0 Å². The SMILES string of the molecule is COc1ccc(C(O)C2CC(C)=CC(C)C2)cc1. The van der Waals surface area contributed by atoms with E-state index in [4.69, 9.17) is 4.74 Å². The molecule has 1 aromatic carbocycles. The highest BCUT2D eigenvalue weighted by molar-refractivity contribution is 5.29. The van der Waals surface area contributed by atoms with Gasteiger partial charge in [0, 0.05) is 0 Å². The lowest BCUT2D eigenvalue weighted by Crippen LogP contribution is -2.19. The van der Waals surface area contributed by atoms with Gasteiger partial charge in [0.25, 0.3) is 0 Å². The summed E-state index contributed by atoms with van der Waals surface area (Å²) in [5, 5.41) is 10.5. The van der Waals surface area contributed by atoms with Crippen LogP contribution in [0.3, 0.4) is 0 Å². The Morgan fingerprint density at radius 2 is 1.94 bits per heavy atom. The van der Waals surface area contributed by atoms with E-state index in [1.54, 1.807) is 7.11 Å². The summed E-state index contributed by atoms with van der Waals surface area (Å²) >= 11 is 0. The van der Waals surface area contributed by atoms with Gasteiger partial charge in [0.15, 0.2) is 0 Å². The minimum Gasteiger partial charge on any atom is -0.497 e. The van der Waals surface area contributed by atoms with Crippen molar-refractivity contribution in [2.24, 2.45) is 11.8 Å².